The van der Waals surface area contributed by atoms with Gasteiger partial charge in [-0.1, -0.05) is 23.4 Å². The number of nitrogens with zero attached hydrogens (tertiary/aromatic N) is 3. The third-order valence-electron chi connectivity index (χ3n) is 2.45. The molecule has 1 aromatic heterocycles. The fraction of sp³-hybridized carbons (Fsp3) is 0.273. The second-order valence-electron chi connectivity index (χ2n) is 3.42. The normalized spacial score (nSPS) is 12.7. The van der Waals surface area contributed by atoms with Crippen LogP contribution < -0.4 is 5.32 Å². The predicted octanol–water partition coefficient (Wildman–Crippen LogP) is 1.55. The minimum Gasteiger partial charge on any atom is -0.312 e. The Morgan fingerprint density at radius 1 is 1.27 bits per heavy atom. The van der Waals surface area contributed by atoms with Gasteiger partial charge in [-0.05, 0) is 26.1 Å². The topological polar surface area (TPSA) is 42.7 Å². The van der Waals surface area contributed by atoms with Crippen LogP contribution in [0.3, 0.4) is 0 Å². The van der Waals surface area contributed by atoms with Crippen molar-refractivity contribution in [1.29, 1.82) is 0 Å². The molecule has 1 N–H and O–H groups in total. The Morgan fingerprint density at radius 3 is 2.67 bits per heavy atom. The minimum atomic E-state index is 0.236. The van der Waals surface area contributed by atoms with Gasteiger partial charge in [0.1, 0.15) is 0 Å². The van der Waals surface area contributed by atoms with E-state index in [2.05, 4.69) is 22.6 Å². The van der Waals surface area contributed by atoms with Gasteiger partial charge in [0.05, 0.1) is 17.6 Å². The first-order valence-corrected chi connectivity index (χ1v) is 4.96. The van der Waals surface area contributed by atoms with Gasteiger partial charge in [-0.2, -0.15) is 0 Å². The van der Waals surface area contributed by atoms with E-state index in [4.69, 9.17) is 0 Å². The molecule has 0 radical (unpaired) electrons. The molecule has 1 aromatic carbocycles. The molecule has 0 fully saturated rings. The number of hydrogen-bond acceptors (Lipinski definition) is 3. The van der Waals surface area contributed by atoms with Crippen LogP contribution in [-0.4, -0.2) is 22.0 Å². The van der Waals surface area contributed by atoms with Gasteiger partial charge in [-0.15, -0.1) is 5.10 Å². The van der Waals surface area contributed by atoms with Crippen LogP contribution in [0.15, 0.2) is 36.5 Å². The zero-order valence-electron chi connectivity index (χ0n) is 8.88. The molecule has 0 saturated carbocycles. The summed E-state index contributed by atoms with van der Waals surface area (Å²) >= 11 is 0. The average molecular weight is 202 g/mol. The molecule has 4 nitrogen and oxygen atoms in total. The summed E-state index contributed by atoms with van der Waals surface area (Å²) in [6, 6.07) is 10.2. The molecule has 0 amide bonds. The zero-order valence-corrected chi connectivity index (χ0v) is 8.88. The summed E-state index contributed by atoms with van der Waals surface area (Å²) in [5, 5.41) is 11.2. The molecule has 2 aromatic rings. The summed E-state index contributed by atoms with van der Waals surface area (Å²) in [6.45, 7) is 2.08. The van der Waals surface area contributed by atoms with Gasteiger partial charge >= 0.3 is 0 Å². The van der Waals surface area contributed by atoms with Gasteiger partial charge < -0.3 is 5.32 Å². The maximum Gasteiger partial charge on any atom is 0.0812 e. The molecule has 0 aliphatic carbocycles. The summed E-state index contributed by atoms with van der Waals surface area (Å²) in [4.78, 5) is 0. The number of hydrogen-bond donors (Lipinski definition) is 1. The summed E-state index contributed by atoms with van der Waals surface area (Å²) in [7, 11) is 1.92. The lowest BCUT2D eigenvalue weighted by Crippen LogP contribution is -2.16. The van der Waals surface area contributed by atoms with Crippen LogP contribution in [0.4, 0.5) is 0 Å². The highest BCUT2D eigenvalue weighted by Crippen LogP contribution is 2.14. The molecule has 0 aliphatic heterocycles. The van der Waals surface area contributed by atoms with Crippen molar-refractivity contribution in [2.45, 2.75) is 13.0 Å². The molecule has 0 aliphatic rings. The van der Waals surface area contributed by atoms with E-state index in [1.54, 1.807) is 6.20 Å². The molecule has 0 saturated heterocycles. The fourth-order valence-electron chi connectivity index (χ4n) is 1.46. The SMILES string of the molecule is CNC(C)c1cnnn1-c1ccccc1. The molecule has 0 spiro atoms. The van der Waals surface area contributed by atoms with E-state index in [1.165, 1.54) is 0 Å². The smallest absolute Gasteiger partial charge is 0.0812 e. The lowest BCUT2D eigenvalue weighted by atomic mass is 10.2. The predicted molar refractivity (Wildman–Crippen MR) is 58.8 cm³/mol. The van der Waals surface area contributed by atoms with Crippen LogP contribution in [-0.2, 0) is 0 Å². The second kappa shape index (κ2) is 4.23. The van der Waals surface area contributed by atoms with E-state index in [0.29, 0.717) is 0 Å². The standard InChI is InChI=1S/C11H14N4/c1-9(12-2)11-8-13-14-15(11)10-6-4-3-5-7-10/h3-9,12H,1-2H3. The van der Waals surface area contributed by atoms with Crippen molar-refractivity contribution in [2.24, 2.45) is 0 Å². The van der Waals surface area contributed by atoms with E-state index >= 15 is 0 Å². The first-order valence-electron chi connectivity index (χ1n) is 4.96. The number of aromatic nitrogens is 3. The lowest BCUT2D eigenvalue weighted by Gasteiger charge is -2.11. The number of nitrogens with one attached hydrogen (secondary N) is 1. The monoisotopic (exact) mass is 202 g/mol. The molecule has 0 bridgehead atoms. The van der Waals surface area contributed by atoms with Crippen LogP contribution in [0, 0.1) is 0 Å². The summed E-state index contributed by atoms with van der Waals surface area (Å²) in [5.74, 6) is 0. The van der Waals surface area contributed by atoms with E-state index in [-0.39, 0.29) is 6.04 Å². The fourth-order valence-corrected chi connectivity index (χ4v) is 1.46. The van der Waals surface area contributed by atoms with Crippen LogP contribution in [0.5, 0.6) is 0 Å². The Morgan fingerprint density at radius 2 is 2.00 bits per heavy atom. The first kappa shape index (κ1) is 9.86. The Labute approximate surface area is 88.9 Å². The Hall–Kier alpha value is -1.68. The molecule has 15 heavy (non-hydrogen) atoms. The largest absolute Gasteiger partial charge is 0.312 e. The Balaban J connectivity index is 2.41. The van der Waals surface area contributed by atoms with E-state index in [0.717, 1.165) is 11.4 Å². The van der Waals surface area contributed by atoms with Gasteiger partial charge in [-0.25, -0.2) is 4.68 Å². The van der Waals surface area contributed by atoms with Crippen molar-refractivity contribution in [3.05, 3.63) is 42.2 Å². The molecule has 78 valence electrons. The quantitative estimate of drug-likeness (QED) is 0.821. The maximum atomic E-state index is 4.08. The van der Waals surface area contributed by atoms with Crippen LogP contribution in [0.1, 0.15) is 18.7 Å². The third-order valence-corrected chi connectivity index (χ3v) is 2.45. The van der Waals surface area contributed by atoms with Gasteiger partial charge in [-0.3, -0.25) is 0 Å². The second-order valence-corrected chi connectivity index (χ2v) is 3.42. The van der Waals surface area contributed by atoms with E-state index < -0.39 is 0 Å². The van der Waals surface area contributed by atoms with Crippen LogP contribution in [0.2, 0.25) is 0 Å². The highest BCUT2D eigenvalue weighted by Gasteiger charge is 2.10. The molecule has 1 atom stereocenters. The Kier molecular flexibility index (Phi) is 2.78. The minimum absolute atomic E-state index is 0.236. The highest BCUT2D eigenvalue weighted by molar-refractivity contribution is 5.32. The molecule has 1 heterocycles. The zero-order chi connectivity index (χ0) is 10.7. The van der Waals surface area contributed by atoms with Crippen LogP contribution in [0.25, 0.3) is 5.69 Å². The number of para-hydroxylation sites is 1. The van der Waals surface area contributed by atoms with Gasteiger partial charge in [0.25, 0.3) is 0 Å². The summed E-state index contributed by atoms with van der Waals surface area (Å²) in [6.07, 6.45) is 1.79. The molecular formula is C11H14N4. The third kappa shape index (κ3) is 1.89. The van der Waals surface area contributed by atoms with E-state index in [9.17, 15) is 0 Å². The van der Waals surface area contributed by atoms with Crippen molar-refractivity contribution >= 4 is 0 Å². The lowest BCUT2D eigenvalue weighted by molar-refractivity contribution is 0.602. The van der Waals surface area contributed by atoms with Gasteiger partial charge in [0.15, 0.2) is 0 Å². The van der Waals surface area contributed by atoms with Crippen molar-refractivity contribution in [1.82, 2.24) is 20.3 Å². The van der Waals surface area contributed by atoms with Crippen molar-refractivity contribution < 1.29 is 0 Å². The number of rotatable bonds is 3. The summed E-state index contributed by atoms with van der Waals surface area (Å²) < 4.78 is 1.85. The molecular weight excluding hydrogens is 188 g/mol. The van der Waals surface area contributed by atoms with Crippen molar-refractivity contribution in [3.8, 4) is 5.69 Å². The maximum absolute atomic E-state index is 4.08. The Bertz CT molecular complexity index is 421. The van der Waals surface area contributed by atoms with Crippen molar-refractivity contribution in [2.75, 3.05) is 7.05 Å². The van der Waals surface area contributed by atoms with E-state index in [1.807, 2.05) is 42.1 Å². The van der Waals surface area contributed by atoms with Crippen molar-refractivity contribution in [3.63, 3.8) is 0 Å². The molecule has 4 heteroatoms. The summed E-state index contributed by atoms with van der Waals surface area (Å²) in [5.41, 5.74) is 2.09. The highest BCUT2D eigenvalue weighted by atomic mass is 15.4. The number of benzene rings is 1. The van der Waals surface area contributed by atoms with Gasteiger partial charge in [0, 0.05) is 6.04 Å². The average Bonchev–Trinajstić information content (AvgIpc) is 2.78. The van der Waals surface area contributed by atoms with Crippen LogP contribution >= 0.6 is 0 Å². The van der Waals surface area contributed by atoms with Gasteiger partial charge in [0.2, 0.25) is 0 Å². The first-order chi connectivity index (χ1) is 7.33. The molecule has 2 rings (SSSR count). The molecule has 1 unspecified atom stereocenters.